The van der Waals surface area contributed by atoms with Crippen LogP contribution in [0.15, 0.2) is 18.2 Å². The van der Waals surface area contributed by atoms with Crippen LogP contribution in [0.5, 0.6) is 0 Å². The minimum absolute atomic E-state index is 0.00546. The summed E-state index contributed by atoms with van der Waals surface area (Å²) in [5, 5.41) is 2.20. The van der Waals surface area contributed by atoms with Crippen molar-refractivity contribution in [2.45, 2.75) is 0 Å². The molecule has 6 heteroatoms. The van der Waals surface area contributed by atoms with Crippen LogP contribution in [0, 0.1) is 10.7 Å². The van der Waals surface area contributed by atoms with Crippen molar-refractivity contribution in [1.29, 1.82) is 0 Å². The molecule has 66 valence electrons. The van der Waals surface area contributed by atoms with Crippen molar-refractivity contribution in [3.05, 3.63) is 28.9 Å². The van der Waals surface area contributed by atoms with Gasteiger partial charge in [-0.15, -0.1) is 0 Å². The van der Waals surface area contributed by atoms with E-state index in [1.54, 1.807) is 0 Å². The lowest BCUT2D eigenvalue weighted by molar-refractivity contribution is -0.535. The maximum Gasteiger partial charge on any atom is 0.320 e. The van der Waals surface area contributed by atoms with E-state index in [-0.39, 0.29) is 11.5 Å². The third-order valence-corrected chi connectivity index (χ3v) is 1.61. The van der Waals surface area contributed by atoms with Crippen LogP contribution in [0.1, 0.15) is 0 Å². The van der Waals surface area contributed by atoms with E-state index in [1.165, 1.54) is 12.1 Å². The molecule has 1 heterocycles. The van der Waals surface area contributed by atoms with Gasteiger partial charge in [-0.2, -0.15) is 0 Å². The minimum Gasteiger partial charge on any atom is -0.365 e. The summed E-state index contributed by atoms with van der Waals surface area (Å²) in [6.07, 6.45) is 0. The number of nitrogens with two attached hydrogens (primary N) is 1. The first-order valence-electron chi connectivity index (χ1n) is 3.54. The molecule has 0 fully saturated rings. The molecule has 0 amide bonds. The third kappa shape index (κ3) is 1.22. The zero-order valence-corrected chi connectivity index (χ0v) is 6.49. The van der Waals surface area contributed by atoms with E-state index < -0.39 is 5.82 Å². The molecule has 3 N–H and O–H groups in total. The van der Waals surface area contributed by atoms with Gasteiger partial charge in [0.15, 0.2) is 4.54 Å². The number of hydrogen-bond acceptors (Lipinski definition) is 3. The quantitative estimate of drug-likeness (QED) is 0.570. The molecule has 0 radical (unpaired) electrons. The smallest absolute Gasteiger partial charge is 0.320 e. The van der Waals surface area contributed by atoms with Crippen LogP contribution in [-0.4, -0.2) is 10.1 Å². The molecule has 0 aliphatic rings. The van der Waals surface area contributed by atoms with E-state index in [0.717, 1.165) is 6.07 Å². The Bertz CT molecular complexity index is 521. The van der Waals surface area contributed by atoms with Crippen molar-refractivity contribution < 1.29 is 8.93 Å². The van der Waals surface area contributed by atoms with Gasteiger partial charge in [-0.1, -0.05) is 5.10 Å². The van der Waals surface area contributed by atoms with Crippen molar-refractivity contribution >= 4 is 17.0 Å². The van der Waals surface area contributed by atoms with Crippen LogP contribution in [-0.2, 0) is 0 Å². The van der Waals surface area contributed by atoms with Crippen LogP contribution in [0.3, 0.4) is 0 Å². The second-order valence-electron chi connectivity index (χ2n) is 2.54. The number of benzene rings is 1. The monoisotopic (exact) mass is 181 g/mol. The average molecular weight is 181 g/mol. The molecule has 0 saturated carbocycles. The molecule has 0 unspecified atom stereocenters. The number of nitrogens with one attached hydrogen (secondary N) is 1. The van der Waals surface area contributed by atoms with E-state index in [4.69, 9.17) is 5.73 Å². The fourth-order valence-corrected chi connectivity index (χ4v) is 1.07. The van der Waals surface area contributed by atoms with Gasteiger partial charge in [0.2, 0.25) is 0 Å². The molecular weight excluding hydrogens is 175 g/mol. The van der Waals surface area contributed by atoms with Crippen LogP contribution >= 0.6 is 0 Å². The highest BCUT2D eigenvalue weighted by Crippen LogP contribution is 2.07. The molecule has 0 aliphatic carbocycles. The Morgan fingerprint density at radius 3 is 3.08 bits per heavy atom. The van der Waals surface area contributed by atoms with Gasteiger partial charge in [0, 0.05) is 0 Å². The summed E-state index contributed by atoms with van der Waals surface area (Å²) in [5.74, 6) is -0.494. The van der Waals surface area contributed by atoms with Crippen molar-refractivity contribution in [3.8, 4) is 0 Å². The molecular formula is C7H6FN4O+. The molecule has 1 aromatic heterocycles. The number of halogens is 1. The number of aromatic nitrogens is 3. The van der Waals surface area contributed by atoms with Crippen molar-refractivity contribution in [2.24, 2.45) is 0 Å². The minimum atomic E-state index is -0.489. The SMILES string of the molecule is Nc1nc2ccc(F)cc2[n+](=O)[nH]1. The molecule has 0 atom stereocenters. The highest BCUT2D eigenvalue weighted by molar-refractivity contribution is 5.70. The summed E-state index contributed by atoms with van der Waals surface area (Å²) in [4.78, 5) is 14.9. The molecule has 2 aromatic rings. The van der Waals surface area contributed by atoms with Crippen molar-refractivity contribution in [2.75, 3.05) is 5.73 Å². The number of anilines is 1. The Kier molecular flexibility index (Phi) is 1.48. The Morgan fingerprint density at radius 2 is 2.31 bits per heavy atom. The number of H-pyrrole nitrogens is 1. The Morgan fingerprint density at radius 1 is 1.54 bits per heavy atom. The summed E-state index contributed by atoms with van der Waals surface area (Å²) < 4.78 is 13.1. The summed E-state index contributed by atoms with van der Waals surface area (Å²) >= 11 is 0. The number of hydrogen-bond donors (Lipinski definition) is 2. The Labute approximate surface area is 71.6 Å². The molecule has 0 aliphatic heterocycles. The lowest BCUT2D eigenvalue weighted by Crippen LogP contribution is -2.23. The number of nitrogen functional groups attached to an aromatic ring is 1. The molecule has 1 aromatic carbocycles. The van der Waals surface area contributed by atoms with Crippen molar-refractivity contribution in [3.63, 3.8) is 0 Å². The number of aromatic amines is 1. The van der Waals surface area contributed by atoms with Gasteiger partial charge >= 0.3 is 5.52 Å². The van der Waals surface area contributed by atoms with Gasteiger partial charge in [-0.25, -0.2) is 9.37 Å². The van der Waals surface area contributed by atoms with Crippen LogP contribution in [0.2, 0.25) is 0 Å². The predicted molar refractivity (Wildman–Crippen MR) is 43.8 cm³/mol. The third-order valence-electron chi connectivity index (χ3n) is 1.61. The molecule has 2 rings (SSSR count). The van der Waals surface area contributed by atoms with E-state index in [2.05, 4.69) is 10.1 Å². The lowest BCUT2D eigenvalue weighted by atomic mass is 10.3. The average Bonchev–Trinajstić information content (AvgIpc) is 2.06. The standard InChI is InChI=1S/C7H6FN4O/c8-4-1-2-5-6(3-4)12(13)11-7(9)10-5/h1-3H,(H3,9,10,11,13)/q+1. The topological polar surface area (TPSA) is 77.7 Å². The molecule has 0 bridgehead atoms. The second-order valence-corrected chi connectivity index (χ2v) is 2.54. The predicted octanol–water partition coefficient (Wildman–Crippen LogP) is 0.199. The normalized spacial score (nSPS) is 10.5. The first-order valence-corrected chi connectivity index (χ1v) is 3.54. The zero-order valence-electron chi connectivity index (χ0n) is 6.49. The van der Waals surface area contributed by atoms with E-state index in [9.17, 15) is 9.30 Å². The van der Waals surface area contributed by atoms with Gasteiger partial charge in [0.25, 0.3) is 5.95 Å². The highest BCUT2D eigenvalue weighted by atomic mass is 19.1. The largest absolute Gasteiger partial charge is 0.365 e. The Hall–Kier alpha value is -1.98. The van der Waals surface area contributed by atoms with Gasteiger partial charge in [-0.05, 0) is 12.1 Å². The summed E-state index contributed by atoms with van der Waals surface area (Å²) in [7, 11) is 0. The van der Waals surface area contributed by atoms with Crippen molar-refractivity contribution in [1.82, 2.24) is 10.1 Å². The number of fused-ring (bicyclic) bond motifs is 1. The van der Waals surface area contributed by atoms with E-state index in [1.807, 2.05) is 0 Å². The fraction of sp³-hybridized carbons (Fsp3) is 0. The van der Waals surface area contributed by atoms with Gasteiger partial charge in [-0.3, -0.25) is 0 Å². The van der Waals surface area contributed by atoms with Gasteiger partial charge in [0.1, 0.15) is 11.3 Å². The molecule has 0 spiro atoms. The first-order chi connectivity index (χ1) is 6.16. The molecule has 13 heavy (non-hydrogen) atoms. The lowest BCUT2D eigenvalue weighted by Gasteiger charge is -1.90. The Balaban J connectivity index is 2.95. The highest BCUT2D eigenvalue weighted by Gasteiger charge is 2.10. The summed E-state index contributed by atoms with van der Waals surface area (Å²) in [6, 6.07) is 3.70. The zero-order chi connectivity index (χ0) is 9.42. The van der Waals surface area contributed by atoms with Crippen LogP contribution in [0.25, 0.3) is 11.0 Å². The number of nitrogens with zero attached hydrogens (tertiary/aromatic N) is 2. The second kappa shape index (κ2) is 2.51. The maximum atomic E-state index is 12.7. The first kappa shape index (κ1) is 7.66. The maximum absolute atomic E-state index is 12.7. The van der Waals surface area contributed by atoms with Gasteiger partial charge in [0.05, 0.1) is 11.0 Å². The summed E-state index contributed by atoms with van der Waals surface area (Å²) in [6.45, 7) is 0. The van der Waals surface area contributed by atoms with E-state index in [0.29, 0.717) is 10.1 Å². The molecule has 5 nitrogen and oxygen atoms in total. The fourth-order valence-electron chi connectivity index (χ4n) is 1.07. The number of rotatable bonds is 0. The van der Waals surface area contributed by atoms with E-state index >= 15 is 0 Å². The summed E-state index contributed by atoms with van der Waals surface area (Å²) in [5.41, 5.74) is 5.76. The van der Waals surface area contributed by atoms with Crippen LogP contribution in [0.4, 0.5) is 10.3 Å². The molecule has 0 saturated heterocycles. The van der Waals surface area contributed by atoms with Crippen LogP contribution < -0.4 is 10.3 Å². The van der Waals surface area contributed by atoms with Gasteiger partial charge < -0.3 is 5.73 Å².